The molecular weight excluding hydrogens is 571 g/mol. The van der Waals surface area contributed by atoms with Gasteiger partial charge in [-0.15, -0.1) is 0 Å². The minimum atomic E-state index is -3.99. The Hall–Kier alpha value is -4.00. The number of piperazine rings is 1. The summed E-state index contributed by atoms with van der Waals surface area (Å²) < 4.78 is 45.8. The molecule has 0 spiro atoms. The van der Waals surface area contributed by atoms with Crippen molar-refractivity contribution < 1.29 is 22.3 Å². The number of likely N-dealkylation sites (N-methyl/N-ethyl adjacent to an activating group) is 1. The third kappa shape index (κ3) is 6.22. The highest BCUT2D eigenvalue weighted by atomic mass is 32.2. The van der Waals surface area contributed by atoms with Gasteiger partial charge in [-0.25, -0.2) is 12.8 Å². The van der Waals surface area contributed by atoms with Crippen LogP contribution in [0.4, 0.5) is 21.6 Å². The second-order valence-electron chi connectivity index (χ2n) is 10.9. The second kappa shape index (κ2) is 12.3. The number of fused-ring (bicyclic) bond motifs is 1. The van der Waals surface area contributed by atoms with Crippen LogP contribution in [0.3, 0.4) is 0 Å². The molecule has 2 aliphatic heterocycles. The molecule has 2 aliphatic rings. The quantitative estimate of drug-likeness (QED) is 0.268. The third-order valence-electron chi connectivity index (χ3n) is 8.20. The SMILES string of the molecule is CCN1CCN(c2ccc(C(=O)Nc3n[nH]c4ccc(S(=O)(=O)c5cccc(F)c5)cc34)c(NC3CCOCC3)c2)CC1. The van der Waals surface area contributed by atoms with Crippen molar-refractivity contribution in [1.29, 1.82) is 0 Å². The lowest BCUT2D eigenvalue weighted by atomic mass is 10.1. The summed E-state index contributed by atoms with van der Waals surface area (Å²) in [5.74, 6) is -0.811. The molecule has 0 atom stereocenters. The van der Waals surface area contributed by atoms with E-state index in [4.69, 9.17) is 4.74 Å². The molecule has 0 saturated carbocycles. The van der Waals surface area contributed by atoms with Gasteiger partial charge in [0.2, 0.25) is 9.84 Å². The zero-order chi connectivity index (χ0) is 30.0. The topological polar surface area (TPSA) is 120 Å². The van der Waals surface area contributed by atoms with Gasteiger partial charge in [-0.2, -0.15) is 5.10 Å². The highest BCUT2D eigenvalue weighted by molar-refractivity contribution is 7.91. The number of carbonyl (C=O) groups is 1. The number of carbonyl (C=O) groups excluding carboxylic acids is 1. The van der Waals surface area contributed by atoms with Crippen molar-refractivity contribution in [3.05, 3.63) is 72.0 Å². The molecule has 6 rings (SSSR count). The number of hydrogen-bond donors (Lipinski definition) is 3. The summed E-state index contributed by atoms with van der Waals surface area (Å²) in [4.78, 5) is 18.3. The number of amides is 1. The molecule has 0 unspecified atom stereocenters. The van der Waals surface area contributed by atoms with Crippen molar-refractivity contribution in [2.45, 2.75) is 35.6 Å². The van der Waals surface area contributed by atoms with Gasteiger partial charge in [0, 0.05) is 62.2 Å². The van der Waals surface area contributed by atoms with Crippen molar-refractivity contribution in [3.8, 4) is 0 Å². The molecule has 4 aromatic rings. The Morgan fingerprint density at radius 3 is 2.53 bits per heavy atom. The summed E-state index contributed by atoms with van der Waals surface area (Å²) in [6.45, 7) is 8.34. The van der Waals surface area contributed by atoms with Crippen molar-refractivity contribution in [3.63, 3.8) is 0 Å². The third-order valence-corrected chi connectivity index (χ3v) is 9.95. The molecule has 3 heterocycles. The molecule has 1 amide bonds. The molecule has 10 nitrogen and oxygen atoms in total. The summed E-state index contributed by atoms with van der Waals surface area (Å²) in [6.07, 6.45) is 1.68. The first-order valence-corrected chi connectivity index (χ1v) is 16.1. The zero-order valence-corrected chi connectivity index (χ0v) is 24.8. The van der Waals surface area contributed by atoms with Crippen molar-refractivity contribution >= 4 is 43.8 Å². The smallest absolute Gasteiger partial charge is 0.258 e. The lowest BCUT2D eigenvalue weighted by molar-refractivity contribution is 0.0904. The molecule has 0 radical (unpaired) electrons. The van der Waals surface area contributed by atoms with Crippen molar-refractivity contribution in [2.75, 3.05) is 61.5 Å². The molecule has 3 N–H and O–H groups in total. The fourth-order valence-corrected chi connectivity index (χ4v) is 6.95. The number of rotatable bonds is 8. The number of anilines is 3. The summed E-state index contributed by atoms with van der Waals surface area (Å²) >= 11 is 0. The Balaban J connectivity index is 1.29. The van der Waals surface area contributed by atoms with Gasteiger partial charge in [-0.3, -0.25) is 9.89 Å². The Kier molecular flexibility index (Phi) is 8.33. The molecule has 2 fully saturated rings. The predicted octanol–water partition coefficient (Wildman–Crippen LogP) is 4.52. The molecule has 0 aliphatic carbocycles. The maximum atomic E-state index is 13.8. The average Bonchev–Trinajstić information content (AvgIpc) is 3.43. The van der Waals surface area contributed by atoms with E-state index in [-0.39, 0.29) is 27.6 Å². The van der Waals surface area contributed by atoms with E-state index in [0.717, 1.165) is 63.0 Å². The van der Waals surface area contributed by atoms with Gasteiger partial charge in [-0.1, -0.05) is 13.0 Å². The highest BCUT2D eigenvalue weighted by Crippen LogP contribution is 2.31. The van der Waals surface area contributed by atoms with Crippen LogP contribution in [0.1, 0.15) is 30.1 Å². The number of nitrogens with one attached hydrogen (secondary N) is 3. The average molecular weight is 607 g/mol. The first-order chi connectivity index (χ1) is 20.8. The van der Waals surface area contributed by atoms with Crippen LogP contribution in [-0.2, 0) is 14.6 Å². The van der Waals surface area contributed by atoms with E-state index >= 15 is 0 Å². The second-order valence-corrected chi connectivity index (χ2v) is 12.8. The minimum Gasteiger partial charge on any atom is -0.381 e. The normalized spacial score (nSPS) is 16.8. The molecule has 2 saturated heterocycles. The monoisotopic (exact) mass is 606 g/mol. The van der Waals surface area contributed by atoms with E-state index < -0.39 is 15.7 Å². The van der Waals surface area contributed by atoms with Crippen LogP contribution >= 0.6 is 0 Å². The van der Waals surface area contributed by atoms with Gasteiger partial charge < -0.3 is 25.2 Å². The summed E-state index contributed by atoms with van der Waals surface area (Å²) in [7, 11) is -3.99. The summed E-state index contributed by atoms with van der Waals surface area (Å²) in [5, 5.41) is 14.0. The number of sulfone groups is 1. The molecule has 226 valence electrons. The molecular formula is C31H35FN6O4S. The standard InChI is InChI=1S/C31H35FN6O4S/c1-2-37-12-14-38(15-13-37)23-6-8-26(29(19-23)33-22-10-16-42-17-11-22)31(39)34-30-27-20-25(7-9-28(27)35-36-30)43(40,41)24-5-3-4-21(32)18-24/h3-9,18-20,22,33H,2,10-17H2,1H3,(H2,34,35,36,39). The molecule has 12 heteroatoms. The number of aromatic amines is 1. The summed E-state index contributed by atoms with van der Waals surface area (Å²) in [6, 6.07) is 15.3. The maximum Gasteiger partial charge on any atom is 0.258 e. The van der Waals surface area contributed by atoms with E-state index in [1.54, 1.807) is 6.07 Å². The van der Waals surface area contributed by atoms with Gasteiger partial charge in [0.1, 0.15) is 5.82 Å². The number of benzene rings is 3. The van der Waals surface area contributed by atoms with Crippen LogP contribution in [-0.4, -0.2) is 81.4 Å². The van der Waals surface area contributed by atoms with Gasteiger partial charge in [-0.05, 0) is 74.0 Å². The van der Waals surface area contributed by atoms with E-state index in [0.29, 0.717) is 29.7 Å². The van der Waals surface area contributed by atoms with Gasteiger partial charge in [0.15, 0.2) is 5.82 Å². The lowest BCUT2D eigenvalue weighted by Gasteiger charge is -2.36. The number of halogens is 1. The maximum absolute atomic E-state index is 13.8. The first-order valence-electron chi connectivity index (χ1n) is 14.6. The molecule has 1 aromatic heterocycles. The lowest BCUT2D eigenvalue weighted by Crippen LogP contribution is -2.46. The van der Waals surface area contributed by atoms with Crippen LogP contribution in [0.25, 0.3) is 10.9 Å². The van der Waals surface area contributed by atoms with Gasteiger partial charge >= 0.3 is 0 Å². The Labute approximate surface area is 250 Å². The number of hydrogen-bond acceptors (Lipinski definition) is 8. The summed E-state index contributed by atoms with van der Waals surface area (Å²) in [5.41, 5.74) is 2.80. The molecule has 3 aromatic carbocycles. The van der Waals surface area contributed by atoms with Crippen LogP contribution in [0, 0.1) is 5.82 Å². The van der Waals surface area contributed by atoms with E-state index in [1.165, 1.54) is 30.3 Å². The van der Waals surface area contributed by atoms with E-state index in [9.17, 15) is 17.6 Å². The predicted molar refractivity (Wildman–Crippen MR) is 164 cm³/mol. The van der Waals surface area contributed by atoms with Crippen molar-refractivity contribution in [1.82, 2.24) is 15.1 Å². The Morgan fingerprint density at radius 2 is 1.79 bits per heavy atom. The Morgan fingerprint density at radius 1 is 1.02 bits per heavy atom. The number of nitrogens with zero attached hydrogens (tertiary/aromatic N) is 3. The van der Waals surface area contributed by atoms with E-state index in [1.807, 2.05) is 18.2 Å². The fourth-order valence-electron chi connectivity index (χ4n) is 5.63. The zero-order valence-electron chi connectivity index (χ0n) is 24.0. The highest BCUT2D eigenvalue weighted by Gasteiger charge is 2.24. The largest absolute Gasteiger partial charge is 0.381 e. The first kappa shape index (κ1) is 29.1. The molecule has 0 bridgehead atoms. The van der Waals surface area contributed by atoms with Gasteiger partial charge in [0.05, 0.1) is 20.9 Å². The fraction of sp³-hybridized carbons (Fsp3) is 0.355. The van der Waals surface area contributed by atoms with Crippen LogP contribution in [0.5, 0.6) is 0 Å². The van der Waals surface area contributed by atoms with Gasteiger partial charge in [0.25, 0.3) is 5.91 Å². The number of H-pyrrole nitrogens is 1. The van der Waals surface area contributed by atoms with Crippen LogP contribution in [0.2, 0.25) is 0 Å². The van der Waals surface area contributed by atoms with E-state index in [2.05, 4.69) is 37.6 Å². The van der Waals surface area contributed by atoms with Crippen LogP contribution in [0.15, 0.2) is 70.5 Å². The number of aromatic nitrogens is 2. The van der Waals surface area contributed by atoms with Crippen LogP contribution < -0.4 is 15.5 Å². The number of ether oxygens (including phenoxy) is 1. The Bertz CT molecular complexity index is 1730. The minimum absolute atomic E-state index is 0.0307. The molecule has 43 heavy (non-hydrogen) atoms. The van der Waals surface area contributed by atoms with Crippen molar-refractivity contribution in [2.24, 2.45) is 0 Å².